The number of aliphatic imine (C=N–C) groups is 1. The first-order valence-electron chi connectivity index (χ1n) is 9.57. The van der Waals surface area contributed by atoms with Crippen LogP contribution in [0.1, 0.15) is 22.3 Å². The molecule has 1 heterocycles. The van der Waals surface area contributed by atoms with Crippen LogP contribution in [0.25, 0.3) is 6.08 Å². The molecular formula is C25H21NO4. The summed E-state index contributed by atoms with van der Waals surface area (Å²) in [6, 6.07) is 23.0. The molecule has 3 aromatic carbocycles. The Morgan fingerprint density at radius 3 is 2.47 bits per heavy atom. The molecule has 4 rings (SSSR count). The van der Waals surface area contributed by atoms with Gasteiger partial charge in [0.25, 0.3) is 0 Å². The summed E-state index contributed by atoms with van der Waals surface area (Å²) in [6.07, 6.45) is 1.67. The molecule has 0 unspecified atom stereocenters. The van der Waals surface area contributed by atoms with Crippen molar-refractivity contribution in [2.24, 2.45) is 4.99 Å². The van der Waals surface area contributed by atoms with E-state index < -0.39 is 5.97 Å². The Bertz CT molecular complexity index is 1120. The minimum absolute atomic E-state index is 0.240. The van der Waals surface area contributed by atoms with Gasteiger partial charge in [-0.05, 0) is 48.4 Å². The topological polar surface area (TPSA) is 57.1 Å². The van der Waals surface area contributed by atoms with Crippen LogP contribution in [-0.4, -0.2) is 19.0 Å². The van der Waals surface area contributed by atoms with Crippen molar-refractivity contribution in [1.82, 2.24) is 0 Å². The molecule has 0 bridgehead atoms. The molecule has 0 radical (unpaired) electrons. The van der Waals surface area contributed by atoms with E-state index in [-0.39, 0.29) is 5.70 Å². The van der Waals surface area contributed by atoms with Crippen molar-refractivity contribution in [2.45, 2.75) is 13.5 Å². The number of nitrogens with zero attached hydrogens (tertiary/aromatic N) is 1. The summed E-state index contributed by atoms with van der Waals surface area (Å²) >= 11 is 0. The van der Waals surface area contributed by atoms with Gasteiger partial charge in [0.2, 0.25) is 5.90 Å². The van der Waals surface area contributed by atoms with E-state index in [0.29, 0.717) is 24.0 Å². The van der Waals surface area contributed by atoms with Gasteiger partial charge in [0.15, 0.2) is 17.2 Å². The van der Waals surface area contributed by atoms with Crippen molar-refractivity contribution < 1.29 is 19.0 Å². The largest absolute Gasteiger partial charge is 0.493 e. The van der Waals surface area contributed by atoms with Gasteiger partial charge in [0, 0.05) is 5.56 Å². The summed E-state index contributed by atoms with van der Waals surface area (Å²) in [4.78, 5) is 16.5. The van der Waals surface area contributed by atoms with Crippen LogP contribution in [0.3, 0.4) is 0 Å². The van der Waals surface area contributed by atoms with E-state index in [9.17, 15) is 4.79 Å². The van der Waals surface area contributed by atoms with E-state index in [1.165, 1.54) is 5.56 Å². The molecule has 30 heavy (non-hydrogen) atoms. The lowest BCUT2D eigenvalue weighted by atomic mass is 10.1. The lowest BCUT2D eigenvalue weighted by Gasteiger charge is -2.11. The summed E-state index contributed by atoms with van der Waals surface area (Å²) < 4.78 is 16.7. The Balaban J connectivity index is 1.53. The zero-order valence-corrected chi connectivity index (χ0v) is 16.8. The summed E-state index contributed by atoms with van der Waals surface area (Å²) in [7, 11) is 1.58. The van der Waals surface area contributed by atoms with Gasteiger partial charge in [-0.2, -0.15) is 0 Å². The minimum atomic E-state index is -0.479. The van der Waals surface area contributed by atoms with Crippen molar-refractivity contribution in [3.63, 3.8) is 0 Å². The van der Waals surface area contributed by atoms with Crippen LogP contribution in [0.5, 0.6) is 11.5 Å². The molecule has 0 saturated carbocycles. The van der Waals surface area contributed by atoms with Crippen molar-refractivity contribution in [3.05, 3.63) is 101 Å². The van der Waals surface area contributed by atoms with Crippen molar-refractivity contribution in [1.29, 1.82) is 0 Å². The van der Waals surface area contributed by atoms with Gasteiger partial charge < -0.3 is 14.2 Å². The molecule has 1 aliphatic heterocycles. The van der Waals surface area contributed by atoms with Crippen molar-refractivity contribution >= 4 is 17.9 Å². The van der Waals surface area contributed by atoms with Crippen molar-refractivity contribution in [3.8, 4) is 11.5 Å². The monoisotopic (exact) mass is 399 g/mol. The SMILES string of the molecule is COc1cc(C=C2N=C(c3ccccc3)OC2=O)ccc1OCc1ccc(C)cc1. The van der Waals surface area contributed by atoms with Crippen LogP contribution in [0, 0.1) is 6.92 Å². The zero-order chi connectivity index (χ0) is 20.9. The fraction of sp³-hybridized carbons (Fsp3) is 0.120. The third-order valence-electron chi connectivity index (χ3n) is 4.65. The maximum absolute atomic E-state index is 12.2. The number of methoxy groups -OCH3 is 1. The number of carbonyl (C=O) groups excluding carboxylic acids is 1. The predicted molar refractivity (Wildman–Crippen MR) is 116 cm³/mol. The van der Waals surface area contributed by atoms with Gasteiger partial charge in [-0.1, -0.05) is 54.1 Å². The highest BCUT2D eigenvalue weighted by Gasteiger charge is 2.24. The smallest absolute Gasteiger partial charge is 0.363 e. The van der Waals surface area contributed by atoms with Gasteiger partial charge in [-0.3, -0.25) is 0 Å². The van der Waals surface area contributed by atoms with Crippen LogP contribution in [0.2, 0.25) is 0 Å². The number of cyclic esters (lactones) is 1. The molecule has 3 aromatic rings. The van der Waals surface area contributed by atoms with Crippen LogP contribution < -0.4 is 9.47 Å². The van der Waals surface area contributed by atoms with Crippen LogP contribution in [0.4, 0.5) is 0 Å². The highest BCUT2D eigenvalue weighted by molar-refractivity contribution is 6.12. The van der Waals surface area contributed by atoms with E-state index >= 15 is 0 Å². The third kappa shape index (κ3) is 4.41. The second-order valence-corrected chi connectivity index (χ2v) is 6.89. The fourth-order valence-electron chi connectivity index (χ4n) is 3.01. The number of esters is 1. The highest BCUT2D eigenvalue weighted by atomic mass is 16.6. The molecule has 150 valence electrons. The number of hydrogen-bond acceptors (Lipinski definition) is 5. The normalized spacial score (nSPS) is 14.4. The standard InChI is InChI=1S/C25H21NO4/c1-17-8-10-18(11-9-17)16-29-22-13-12-19(15-23(22)28-2)14-21-25(27)30-24(26-21)20-6-4-3-5-7-20/h3-15H,16H2,1-2H3. The van der Waals surface area contributed by atoms with E-state index in [1.54, 1.807) is 19.3 Å². The maximum atomic E-state index is 12.2. The summed E-state index contributed by atoms with van der Waals surface area (Å²) in [6.45, 7) is 2.49. The average molecular weight is 399 g/mol. The predicted octanol–water partition coefficient (Wildman–Crippen LogP) is 4.93. The molecule has 0 fully saturated rings. The minimum Gasteiger partial charge on any atom is -0.493 e. The molecule has 0 atom stereocenters. The average Bonchev–Trinajstić information content (AvgIpc) is 3.14. The number of benzene rings is 3. The molecule has 0 amide bonds. The van der Waals surface area contributed by atoms with Crippen LogP contribution in [-0.2, 0) is 16.1 Å². The number of hydrogen-bond donors (Lipinski definition) is 0. The molecular weight excluding hydrogens is 378 g/mol. The summed E-state index contributed by atoms with van der Waals surface area (Å²) in [5.41, 5.74) is 4.04. The molecule has 0 aliphatic carbocycles. The lowest BCUT2D eigenvalue weighted by Crippen LogP contribution is -2.04. The first-order valence-corrected chi connectivity index (χ1v) is 9.57. The number of aryl methyl sites for hydroxylation is 1. The van der Waals surface area contributed by atoms with Gasteiger partial charge in [0.1, 0.15) is 6.61 Å². The molecule has 0 aromatic heterocycles. The first-order chi connectivity index (χ1) is 14.6. The van der Waals surface area contributed by atoms with E-state index in [2.05, 4.69) is 17.1 Å². The number of carbonyl (C=O) groups is 1. The van der Waals surface area contributed by atoms with Gasteiger partial charge >= 0.3 is 5.97 Å². The van der Waals surface area contributed by atoms with Gasteiger partial charge in [-0.15, -0.1) is 0 Å². The molecule has 5 heteroatoms. The van der Waals surface area contributed by atoms with Gasteiger partial charge in [-0.25, -0.2) is 9.79 Å². The first kappa shape index (κ1) is 19.5. The molecule has 5 nitrogen and oxygen atoms in total. The Labute approximate surface area is 175 Å². The maximum Gasteiger partial charge on any atom is 0.363 e. The van der Waals surface area contributed by atoms with Crippen LogP contribution >= 0.6 is 0 Å². The highest BCUT2D eigenvalue weighted by Crippen LogP contribution is 2.30. The lowest BCUT2D eigenvalue weighted by molar-refractivity contribution is -0.129. The Hall–Kier alpha value is -3.86. The van der Waals surface area contributed by atoms with Crippen molar-refractivity contribution in [2.75, 3.05) is 7.11 Å². The Morgan fingerprint density at radius 2 is 1.73 bits per heavy atom. The second-order valence-electron chi connectivity index (χ2n) is 6.89. The van der Waals surface area contributed by atoms with Crippen LogP contribution in [0.15, 0.2) is 83.5 Å². The Morgan fingerprint density at radius 1 is 0.967 bits per heavy atom. The summed E-state index contributed by atoms with van der Waals surface area (Å²) in [5.74, 6) is 1.03. The Kier molecular flexibility index (Phi) is 5.61. The molecule has 0 saturated heterocycles. The molecule has 0 spiro atoms. The molecule has 0 N–H and O–H groups in total. The molecule has 1 aliphatic rings. The quantitative estimate of drug-likeness (QED) is 0.436. The third-order valence-corrected chi connectivity index (χ3v) is 4.65. The van der Waals surface area contributed by atoms with E-state index in [1.807, 2.05) is 61.5 Å². The van der Waals surface area contributed by atoms with Gasteiger partial charge in [0.05, 0.1) is 7.11 Å². The fourth-order valence-corrected chi connectivity index (χ4v) is 3.01. The number of ether oxygens (including phenoxy) is 3. The van der Waals surface area contributed by atoms with E-state index in [0.717, 1.165) is 16.7 Å². The summed E-state index contributed by atoms with van der Waals surface area (Å²) in [5, 5.41) is 0. The van der Waals surface area contributed by atoms with E-state index in [4.69, 9.17) is 14.2 Å². The number of rotatable bonds is 6. The second kappa shape index (κ2) is 8.66. The zero-order valence-electron chi connectivity index (χ0n) is 16.8.